The number of rotatable bonds is 2. The van der Waals surface area contributed by atoms with Gasteiger partial charge in [0.25, 0.3) is 0 Å². The van der Waals surface area contributed by atoms with E-state index in [-0.39, 0.29) is 0 Å². The Bertz CT molecular complexity index is 1740. The van der Waals surface area contributed by atoms with E-state index in [1.54, 1.807) is 6.26 Å². The zero-order valence-electron chi connectivity index (χ0n) is 17.8. The van der Waals surface area contributed by atoms with E-state index in [1.165, 1.54) is 0 Å². The number of hydrogen-bond donors (Lipinski definition) is 0. The highest BCUT2D eigenvalue weighted by Crippen LogP contribution is 2.42. The third-order valence-corrected chi connectivity index (χ3v) is 9.42. The Kier molecular flexibility index (Phi) is 4.75. The van der Waals surface area contributed by atoms with Gasteiger partial charge < -0.3 is 8.39 Å². The summed E-state index contributed by atoms with van der Waals surface area (Å²) in [4.78, 5) is 0.654. The molecule has 0 fully saturated rings. The maximum absolute atomic E-state index is 13.5. The van der Waals surface area contributed by atoms with Crippen LogP contribution in [0.1, 0.15) is 0 Å². The summed E-state index contributed by atoms with van der Waals surface area (Å²) in [6.07, 6.45) is 1.63. The molecule has 33 heavy (non-hydrogen) atoms. The molecule has 1 heterocycles. The van der Waals surface area contributed by atoms with Crippen LogP contribution in [0.15, 0.2) is 121 Å². The van der Waals surface area contributed by atoms with Gasteiger partial charge in [0.15, 0.2) is 0 Å². The van der Waals surface area contributed by atoms with E-state index in [0.717, 1.165) is 32.3 Å². The summed E-state index contributed by atoms with van der Waals surface area (Å²) in [6, 6.07) is 33.8. The maximum Gasteiger partial charge on any atom is 0.371 e. The van der Waals surface area contributed by atoms with E-state index >= 15 is 0 Å². The third kappa shape index (κ3) is 3.50. The summed E-state index contributed by atoms with van der Waals surface area (Å²) in [7, 11) is -4.56. The molecule has 0 amide bonds. The predicted octanol–water partition coefficient (Wildman–Crippen LogP) is 8.52. The van der Waals surface area contributed by atoms with E-state index in [2.05, 4.69) is 28.4 Å². The number of hydrogen-bond acceptors (Lipinski definition) is 4. The molecule has 0 aliphatic heterocycles. The minimum absolute atomic E-state index is 0.654. The molecule has 0 N–H and O–H groups in total. The molecule has 0 spiro atoms. The normalized spacial score (nSPS) is 13.4. The maximum atomic E-state index is 13.5. The zero-order valence-corrected chi connectivity index (χ0v) is 19.6. The van der Waals surface area contributed by atoms with Gasteiger partial charge in [-0.3, -0.25) is 0 Å². The van der Waals surface area contributed by atoms with Crippen LogP contribution in [-0.4, -0.2) is 10.5 Å². The van der Waals surface area contributed by atoms with Crippen molar-refractivity contribution in [2.75, 3.05) is 6.26 Å². The van der Waals surface area contributed by atoms with Gasteiger partial charge in [0.05, 0.1) is 9.73 Å². The first kappa shape index (κ1) is 20.1. The Hall–Kier alpha value is -3.53. The Balaban J connectivity index is 1.82. The lowest BCUT2D eigenvalue weighted by atomic mass is 9.99. The van der Waals surface area contributed by atoms with Crippen molar-refractivity contribution >= 4 is 61.4 Å². The van der Waals surface area contributed by atoms with Crippen molar-refractivity contribution in [1.82, 2.24) is 0 Å². The molecule has 1 unspecified atom stereocenters. The largest absolute Gasteiger partial charge is 0.402 e. The molecular formula is C27H20NO3PS. The van der Waals surface area contributed by atoms with Crippen LogP contribution in [0.3, 0.4) is 0 Å². The van der Waals surface area contributed by atoms with E-state index in [1.807, 2.05) is 78.9 Å². The molecule has 1 aromatic heterocycles. The lowest BCUT2D eigenvalue weighted by Gasteiger charge is -2.05. The molecule has 0 saturated carbocycles. The Morgan fingerprint density at radius 1 is 0.636 bits per heavy atom. The minimum atomic E-state index is -2.71. The molecule has 6 rings (SSSR count). The Morgan fingerprint density at radius 2 is 1.12 bits per heavy atom. The highest BCUT2D eigenvalue weighted by atomic mass is 32.2. The van der Waals surface area contributed by atoms with Crippen molar-refractivity contribution in [3.05, 3.63) is 103 Å². The number of fused-ring (bicyclic) bond motifs is 7. The van der Waals surface area contributed by atoms with Crippen molar-refractivity contribution < 1.29 is 12.6 Å². The fourth-order valence-corrected chi connectivity index (χ4v) is 7.24. The SMILES string of the molecule is CS(=O)(=Np1oc2ccc3ccccc3c2c2c(ccc3ccccc32)o1)c1ccccc1. The van der Waals surface area contributed by atoms with Gasteiger partial charge in [0.2, 0.25) is 0 Å². The highest BCUT2D eigenvalue weighted by molar-refractivity contribution is 7.95. The fraction of sp³-hybridized carbons (Fsp3) is 0.0370. The summed E-state index contributed by atoms with van der Waals surface area (Å²) >= 11 is 0. The Morgan fingerprint density at radius 3 is 1.67 bits per heavy atom. The minimum Gasteiger partial charge on any atom is -0.402 e. The molecule has 0 aliphatic rings. The van der Waals surface area contributed by atoms with Gasteiger partial charge in [-0.1, -0.05) is 78.9 Å². The van der Waals surface area contributed by atoms with Gasteiger partial charge >= 0.3 is 8.16 Å². The number of benzene rings is 5. The first-order valence-corrected chi connectivity index (χ1v) is 13.6. The summed E-state index contributed by atoms with van der Waals surface area (Å²) in [5.74, 6) is 0. The van der Waals surface area contributed by atoms with E-state index in [9.17, 15) is 4.21 Å². The van der Waals surface area contributed by atoms with Crippen LogP contribution in [0, 0.1) is 0 Å². The lowest BCUT2D eigenvalue weighted by Crippen LogP contribution is -1.94. The molecule has 6 heteroatoms. The van der Waals surface area contributed by atoms with Crippen LogP contribution in [0.25, 0.3) is 43.5 Å². The van der Waals surface area contributed by atoms with Gasteiger partial charge in [0, 0.05) is 21.9 Å². The fourth-order valence-electron chi connectivity index (χ4n) is 4.24. The number of nitrogens with zero attached hydrogens (tertiary/aromatic N) is 1. The average Bonchev–Trinajstić information content (AvgIpc) is 3.00. The molecular weight excluding hydrogens is 449 g/mol. The van der Waals surface area contributed by atoms with Crippen molar-refractivity contribution in [1.29, 1.82) is 0 Å². The third-order valence-electron chi connectivity index (χ3n) is 5.79. The van der Waals surface area contributed by atoms with E-state index < -0.39 is 17.9 Å². The van der Waals surface area contributed by atoms with Gasteiger partial charge in [-0.2, -0.15) is 0 Å². The van der Waals surface area contributed by atoms with Gasteiger partial charge in [-0.25, -0.2) is 4.21 Å². The summed E-state index contributed by atoms with van der Waals surface area (Å²) in [5.41, 5.74) is 1.36. The first-order valence-electron chi connectivity index (χ1n) is 10.6. The molecule has 0 bridgehead atoms. The molecule has 162 valence electrons. The second-order valence-corrected chi connectivity index (χ2v) is 11.5. The molecule has 0 aliphatic carbocycles. The molecule has 0 radical (unpaired) electrons. The van der Waals surface area contributed by atoms with Gasteiger partial charge in [0.1, 0.15) is 11.2 Å². The summed E-state index contributed by atoms with van der Waals surface area (Å²) in [6.45, 7) is 0. The summed E-state index contributed by atoms with van der Waals surface area (Å²) in [5, 5.41) is 6.34. The molecule has 4 nitrogen and oxygen atoms in total. The first-order chi connectivity index (χ1) is 16.1. The average molecular weight is 470 g/mol. The molecule has 1 atom stereocenters. The molecule has 0 saturated heterocycles. The van der Waals surface area contributed by atoms with Gasteiger partial charge in [-0.15, -0.1) is 4.13 Å². The highest BCUT2D eigenvalue weighted by Gasteiger charge is 2.14. The van der Waals surface area contributed by atoms with Gasteiger partial charge in [-0.05, 0) is 45.8 Å². The standard InChI is InChI=1S/C27H20NO3PS/c1-33(29,21-11-3-2-4-12-21)28-32-30-24-17-15-19-9-5-7-13-22(19)26(24)27-23-14-8-6-10-20(23)16-18-25(27)31-32/h2-18H,1H3. The van der Waals surface area contributed by atoms with Crippen molar-refractivity contribution in [3.63, 3.8) is 0 Å². The monoisotopic (exact) mass is 469 g/mol. The van der Waals surface area contributed by atoms with Crippen LogP contribution in [-0.2, 0) is 9.73 Å². The van der Waals surface area contributed by atoms with Crippen molar-refractivity contribution in [2.45, 2.75) is 4.90 Å². The smallest absolute Gasteiger partial charge is 0.371 e. The second kappa shape index (κ2) is 7.80. The zero-order chi connectivity index (χ0) is 22.4. The van der Waals surface area contributed by atoms with Crippen LogP contribution < -0.4 is 0 Å². The summed E-state index contributed by atoms with van der Waals surface area (Å²) < 4.78 is 30.8. The Labute approximate surface area is 192 Å². The predicted molar refractivity (Wildman–Crippen MR) is 138 cm³/mol. The quantitative estimate of drug-likeness (QED) is 0.255. The van der Waals surface area contributed by atoms with Crippen LogP contribution in [0.2, 0.25) is 0 Å². The van der Waals surface area contributed by atoms with Crippen molar-refractivity contribution in [3.8, 4) is 0 Å². The topological polar surface area (TPSA) is 55.7 Å². The lowest BCUT2D eigenvalue weighted by molar-refractivity contribution is 0.641. The van der Waals surface area contributed by atoms with Crippen LogP contribution >= 0.6 is 8.16 Å². The van der Waals surface area contributed by atoms with Crippen LogP contribution in [0.5, 0.6) is 0 Å². The van der Waals surface area contributed by atoms with Crippen LogP contribution in [0.4, 0.5) is 0 Å². The molecule has 6 aromatic rings. The van der Waals surface area contributed by atoms with E-state index in [4.69, 9.17) is 8.39 Å². The second-order valence-electron chi connectivity index (χ2n) is 7.94. The van der Waals surface area contributed by atoms with Crippen molar-refractivity contribution in [2.24, 2.45) is 4.13 Å². The molecule has 5 aromatic carbocycles. The van der Waals surface area contributed by atoms with E-state index in [0.29, 0.717) is 16.1 Å².